The second kappa shape index (κ2) is 8.45. The van der Waals surface area contributed by atoms with Crippen molar-refractivity contribution >= 4 is 16.0 Å². The van der Waals surface area contributed by atoms with Crippen molar-refractivity contribution in [3.8, 4) is 0 Å². The van der Waals surface area contributed by atoms with E-state index in [-0.39, 0.29) is 6.04 Å². The van der Waals surface area contributed by atoms with E-state index in [9.17, 15) is 8.42 Å². The highest BCUT2D eigenvalue weighted by atomic mass is 32.2. The zero-order chi connectivity index (χ0) is 19.6. The van der Waals surface area contributed by atoms with Gasteiger partial charge in [-0.25, -0.2) is 8.42 Å². The summed E-state index contributed by atoms with van der Waals surface area (Å²) in [6.45, 7) is 1.85. The molecule has 4 rings (SSSR count). The fraction of sp³-hybridized carbons (Fsp3) is 0.750. The summed E-state index contributed by atoms with van der Waals surface area (Å²) in [4.78, 5) is 4.79. The van der Waals surface area contributed by atoms with Gasteiger partial charge in [0.15, 0.2) is 5.96 Å². The second-order valence-corrected chi connectivity index (χ2v) is 10.5. The summed E-state index contributed by atoms with van der Waals surface area (Å²) >= 11 is 0. The quantitative estimate of drug-likeness (QED) is 0.532. The predicted molar refractivity (Wildman–Crippen MR) is 110 cm³/mol. The number of nitrogens with zero attached hydrogens (tertiary/aromatic N) is 2. The summed E-state index contributed by atoms with van der Waals surface area (Å²) in [5.74, 6) is 3.37. The van der Waals surface area contributed by atoms with Crippen LogP contribution in [-0.2, 0) is 16.4 Å². The highest BCUT2D eigenvalue weighted by molar-refractivity contribution is 7.88. The Morgan fingerprint density at radius 2 is 2.21 bits per heavy atom. The van der Waals surface area contributed by atoms with Crippen molar-refractivity contribution in [3.05, 3.63) is 24.2 Å². The molecular formula is C20H32N4O3S. The lowest BCUT2D eigenvalue weighted by Gasteiger charge is -2.26. The van der Waals surface area contributed by atoms with Gasteiger partial charge in [0.05, 0.1) is 19.1 Å². The maximum atomic E-state index is 12.0. The Kier molecular flexibility index (Phi) is 5.96. The Balaban J connectivity index is 1.38. The molecule has 2 bridgehead atoms. The molecule has 1 aliphatic heterocycles. The van der Waals surface area contributed by atoms with Gasteiger partial charge in [-0.3, -0.25) is 4.99 Å². The molecule has 156 valence electrons. The Morgan fingerprint density at radius 3 is 2.89 bits per heavy atom. The van der Waals surface area contributed by atoms with Crippen LogP contribution >= 0.6 is 0 Å². The van der Waals surface area contributed by atoms with Crippen molar-refractivity contribution in [2.45, 2.75) is 57.0 Å². The van der Waals surface area contributed by atoms with Crippen molar-refractivity contribution in [3.63, 3.8) is 0 Å². The van der Waals surface area contributed by atoms with Crippen molar-refractivity contribution in [1.82, 2.24) is 14.9 Å². The van der Waals surface area contributed by atoms with Gasteiger partial charge in [0.1, 0.15) is 5.76 Å². The normalized spacial score (nSPS) is 30.8. The van der Waals surface area contributed by atoms with E-state index in [0.29, 0.717) is 19.1 Å². The van der Waals surface area contributed by atoms with Crippen LogP contribution in [-0.4, -0.2) is 56.7 Å². The van der Waals surface area contributed by atoms with Gasteiger partial charge < -0.3 is 15.1 Å². The largest absolute Gasteiger partial charge is 0.469 e. The van der Waals surface area contributed by atoms with E-state index < -0.39 is 10.0 Å². The van der Waals surface area contributed by atoms with Gasteiger partial charge in [-0.2, -0.15) is 4.31 Å². The van der Waals surface area contributed by atoms with Crippen molar-refractivity contribution in [1.29, 1.82) is 0 Å². The van der Waals surface area contributed by atoms with E-state index in [1.807, 2.05) is 12.1 Å². The van der Waals surface area contributed by atoms with Gasteiger partial charge in [0, 0.05) is 31.6 Å². The zero-order valence-electron chi connectivity index (χ0n) is 16.6. The minimum absolute atomic E-state index is 0.0290. The molecule has 2 saturated carbocycles. The molecule has 3 aliphatic rings. The monoisotopic (exact) mass is 408 g/mol. The minimum atomic E-state index is -3.16. The van der Waals surface area contributed by atoms with Gasteiger partial charge >= 0.3 is 0 Å². The lowest BCUT2D eigenvalue weighted by molar-refractivity contribution is 0.382. The van der Waals surface area contributed by atoms with Crippen LogP contribution in [0.3, 0.4) is 0 Å². The van der Waals surface area contributed by atoms with E-state index in [1.54, 1.807) is 10.6 Å². The minimum Gasteiger partial charge on any atom is -0.469 e. The summed E-state index contributed by atoms with van der Waals surface area (Å²) in [5, 5.41) is 7.08. The Bertz CT molecular complexity index is 777. The molecule has 4 atom stereocenters. The predicted octanol–water partition coefficient (Wildman–Crippen LogP) is 1.97. The van der Waals surface area contributed by atoms with Crippen LogP contribution in [0.15, 0.2) is 27.8 Å². The number of sulfonamides is 1. The molecule has 2 heterocycles. The molecule has 1 aromatic heterocycles. The molecule has 3 fully saturated rings. The number of hydrogen-bond acceptors (Lipinski definition) is 4. The molecule has 3 unspecified atom stereocenters. The van der Waals surface area contributed by atoms with Gasteiger partial charge in [-0.15, -0.1) is 0 Å². The summed E-state index contributed by atoms with van der Waals surface area (Å²) in [7, 11) is -3.16. The van der Waals surface area contributed by atoms with Crippen molar-refractivity contribution < 1.29 is 12.8 Å². The van der Waals surface area contributed by atoms with Gasteiger partial charge in [0.25, 0.3) is 0 Å². The van der Waals surface area contributed by atoms with Crippen LogP contribution in [0.2, 0.25) is 0 Å². The van der Waals surface area contributed by atoms with Crippen LogP contribution in [0.1, 0.15) is 44.3 Å². The van der Waals surface area contributed by atoms with Crippen molar-refractivity contribution in [2.75, 3.05) is 25.9 Å². The van der Waals surface area contributed by atoms with Gasteiger partial charge in [-0.1, -0.05) is 6.42 Å². The van der Waals surface area contributed by atoms with Gasteiger partial charge in [-0.05, 0) is 56.1 Å². The average molecular weight is 409 g/mol. The van der Waals surface area contributed by atoms with E-state index in [0.717, 1.165) is 49.4 Å². The smallest absolute Gasteiger partial charge is 0.211 e. The molecule has 0 radical (unpaired) electrons. The van der Waals surface area contributed by atoms with Crippen LogP contribution in [0.4, 0.5) is 0 Å². The third-order valence-electron chi connectivity index (χ3n) is 6.51. The first kappa shape index (κ1) is 19.8. The van der Waals surface area contributed by atoms with E-state index in [4.69, 9.17) is 9.41 Å². The summed E-state index contributed by atoms with van der Waals surface area (Å²) < 4.78 is 31.0. The number of guanidine groups is 1. The number of hydrogen-bond donors (Lipinski definition) is 2. The molecule has 2 N–H and O–H groups in total. The standard InChI is InChI=1S/C20H32N4O3S/c1-28(25,26)24-10-2-4-17(24)14-22-20(21-9-8-18-5-3-11-27-18)23-19-13-15-6-7-16(19)12-15/h3,5,11,15-17,19H,2,4,6-10,12-14H2,1H3,(H2,21,22,23)/t15?,16?,17-,19?/m1/s1. The molecule has 0 amide bonds. The Hall–Kier alpha value is -1.54. The van der Waals surface area contributed by atoms with Crippen molar-refractivity contribution in [2.24, 2.45) is 16.8 Å². The highest BCUT2D eigenvalue weighted by Crippen LogP contribution is 2.44. The molecule has 8 heteroatoms. The topological polar surface area (TPSA) is 86.9 Å². The first-order chi connectivity index (χ1) is 13.5. The van der Waals surface area contributed by atoms with Crippen LogP contribution in [0.25, 0.3) is 0 Å². The molecule has 28 heavy (non-hydrogen) atoms. The number of rotatable bonds is 7. The molecule has 0 aromatic carbocycles. The number of fused-ring (bicyclic) bond motifs is 2. The Morgan fingerprint density at radius 1 is 1.32 bits per heavy atom. The SMILES string of the molecule is CS(=O)(=O)N1CCC[C@@H]1CN=C(NCCc1ccco1)NC1CC2CCC1C2. The van der Waals surface area contributed by atoms with E-state index >= 15 is 0 Å². The molecular weight excluding hydrogens is 376 g/mol. The van der Waals surface area contributed by atoms with Crippen LogP contribution in [0.5, 0.6) is 0 Å². The Labute approximate surface area is 168 Å². The van der Waals surface area contributed by atoms with Gasteiger partial charge in [0.2, 0.25) is 10.0 Å². The third kappa shape index (κ3) is 4.71. The number of furan rings is 1. The summed E-state index contributed by atoms with van der Waals surface area (Å²) in [6.07, 6.45) is 10.8. The van der Waals surface area contributed by atoms with E-state index in [2.05, 4.69) is 10.6 Å². The highest BCUT2D eigenvalue weighted by Gasteiger charge is 2.40. The molecule has 2 aliphatic carbocycles. The van der Waals surface area contributed by atoms with Crippen LogP contribution in [0, 0.1) is 11.8 Å². The second-order valence-electron chi connectivity index (χ2n) is 8.54. The summed E-state index contributed by atoms with van der Waals surface area (Å²) in [5.41, 5.74) is 0. The fourth-order valence-corrected chi connectivity index (χ4v) is 6.31. The fourth-order valence-electron chi connectivity index (χ4n) is 5.13. The number of nitrogens with one attached hydrogen (secondary N) is 2. The molecule has 1 saturated heterocycles. The first-order valence-corrected chi connectivity index (χ1v) is 12.4. The average Bonchev–Trinajstić information content (AvgIpc) is 3.42. The maximum absolute atomic E-state index is 12.0. The van der Waals surface area contributed by atoms with E-state index in [1.165, 1.54) is 31.9 Å². The molecule has 7 nitrogen and oxygen atoms in total. The number of aliphatic imine (C=N–C) groups is 1. The summed E-state index contributed by atoms with van der Waals surface area (Å²) in [6, 6.07) is 4.34. The maximum Gasteiger partial charge on any atom is 0.211 e. The lowest BCUT2D eigenvalue weighted by Crippen LogP contribution is -2.47. The molecule has 0 spiro atoms. The lowest BCUT2D eigenvalue weighted by atomic mass is 9.95. The first-order valence-electron chi connectivity index (χ1n) is 10.5. The van der Waals surface area contributed by atoms with Crippen LogP contribution < -0.4 is 10.6 Å². The zero-order valence-corrected chi connectivity index (χ0v) is 17.5. The molecule has 1 aromatic rings. The third-order valence-corrected chi connectivity index (χ3v) is 7.85.